The van der Waals surface area contributed by atoms with Gasteiger partial charge in [0.15, 0.2) is 0 Å². The number of hydrogen-bond donors (Lipinski definition) is 2. The second-order valence-corrected chi connectivity index (χ2v) is 14.5. The molecule has 2 unspecified atom stereocenters. The zero-order chi connectivity index (χ0) is 32.4. The van der Waals surface area contributed by atoms with Crippen LogP contribution in [0.4, 0.5) is 0 Å². The van der Waals surface area contributed by atoms with Gasteiger partial charge in [-0.25, -0.2) is 0 Å². The lowest BCUT2D eigenvalue weighted by Gasteiger charge is -2.25. The fourth-order valence-corrected chi connectivity index (χ4v) is 6.71. The second-order valence-electron chi connectivity index (χ2n) is 14.5. The van der Waals surface area contributed by atoms with Crippen molar-refractivity contribution in [1.29, 1.82) is 0 Å². The Morgan fingerprint density at radius 2 is 0.500 bits per heavy atom. The highest BCUT2D eigenvalue weighted by molar-refractivity contribution is 4.65. The van der Waals surface area contributed by atoms with Gasteiger partial charge in [-0.05, 0) is 65.7 Å². The highest BCUT2D eigenvalue weighted by Crippen LogP contribution is 2.14. The monoisotopic (exact) mass is 625 g/mol. The third-order valence-electron chi connectivity index (χ3n) is 9.40. The maximum atomic E-state index is 10.0. The summed E-state index contributed by atoms with van der Waals surface area (Å²) in [5.41, 5.74) is 0. The topological polar surface area (TPSA) is 46.9 Å². The van der Waals surface area contributed by atoms with Crippen molar-refractivity contribution >= 4 is 0 Å². The Hall–Kier alpha value is -0.160. The molecule has 2 atom stereocenters. The molecule has 0 spiro atoms. The van der Waals surface area contributed by atoms with Gasteiger partial charge in [0.25, 0.3) is 0 Å². The van der Waals surface area contributed by atoms with Gasteiger partial charge in [0, 0.05) is 13.1 Å². The quantitative estimate of drug-likeness (QED) is 0.0675. The molecule has 4 nitrogen and oxygen atoms in total. The van der Waals surface area contributed by atoms with Gasteiger partial charge < -0.3 is 20.0 Å². The first-order valence-electron chi connectivity index (χ1n) is 20.3. The van der Waals surface area contributed by atoms with Crippen molar-refractivity contribution in [1.82, 2.24) is 9.80 Å². The van der Waals surface area contributed by atoms with Crippen LogP contribution in [0.25, 0.3) is 0 Å². The van der Waals surface area contributed by atoms with E-state index in [0.717, 1.165) is 39.3 Å². The molecule has 0 bridgehead atoms. The van der Waals surface area contributed by atoms with Crippen molar-refractivity contribution in [2.24, 2.45) is 0 Å². The van der Waals surface area contributed by atoms with E-state index in [4.69, 9.17) is 0 Å². The zero-order valence-electron chi connectivity index (χ0n) is 31.0. The average Bonchev–Trinajstić information content (AvgIpc) is 2.99. The van der Waals surface area contributed by atoms with E-state index in [0.29, 0.717) is 0 Å². The normalized spacial score (nSPS) is 13.4. The minimum atomic E-state index is -0.235. The van der Waals surface area contributed by atoms with Crippen molar-refractivity contribution in [3.05, 3.63) is 0 Å². The molecule has 0 radical (unpaired) electrons. The SMILES string of the molecule is CCCCCCCCCCCCCCN(CCCCCCN(CCCCCCCCCCCCCC)CC(C)O)CC(C)O. The lowest BCUT2D eigenvalue weighted by atomic mass is 10.1. The van der Waals surface area contributed by atoms with Gasteiger partial charge in [0.2, 0.25) is 0 Å². The minimum absolute atomic E-state index is 0.235. The third kappa shape index (κ3) is 34.7. The van der Waals surface area contributed by atoms with Crippen LogP contribution in [0.15, 0.2) is 0 Å². The third-order valence-corrected chi connectivity index (χ3v) is 9.40. The lowest BCUT2D eigenvalue weighted by Crippen LogP contribution is -2.33. The predicted octanol–water partition coefficient (Wildman–Crippen LogP) is 11.3. The molecule has 0 amide bonds. The van der Waals surface area contributed by atoms with E-state index in [1.54, 1.807) is 0 Å². The Morgan fingerprint density at radius 3 is 0.682 bits per heavy atom. The number of nitrogens with zero attached hydrogens (tertiary/aromatic N) is 2. The molecule has 0 saturated carbocycles. The van der Waals surface area contributed by atoms with Crippen LogP contribution in [0.1, 0.15) is 207 Å². The van der Waals surface area contributed by atoms with Crippen molar-refractivity contribution < 1.29 is 10.2 Å². The van der Waals surface area contributed by atoms with Gasteiger partial charge in [0.1, 0.15) is 0 Å². The Bertz CT molecular complexity index is 482. The summed E-state index contributed by atoms with van der Waals surface area (Å²) >= 11 is 0. The first-order chi connectivity index (χ1) is 21.5. The maximum Gasteiger partial charge on any atom is 0.0639 e. The van der Waals surface area contributed by atoms with Gasteiger partial charge in [0.05, 0.1) is 12.2 Å². The molecule has 0 aliphatic heterocycles. The number of unbranched alkanes of at least 4 members (excludes halogenated alkanes) is 25. The van der Waals surface area contributed by atoms with E-state index in [2.05, 4.69) is 23.6 Å². The fraction of sp³-hybridized carbons (Fsp3) is 1.00. The summed E-state index contributed by atoms with van der Waals surface area (Å²) in [6, 6.07) is 0. The van der Waals surface area contributed by atoms with Crippen LogP contribution in [-0.4, -0.2) is 71.5 Å². The molecule has 4 heteroatoms. The lowest BCUT2D eigenvalue weighted by molar-refractivity contribution is 0.121. The Labute approximate surface area is 278 Å². The fourth-order valence-electron chi connectivity index (χ4n) is 6.71. The molecule has 0 saturated heterocycles. The highest BCUT2D eigenvalue weighted by atomic mass is 16.3. The molecule has 44 heavy (non-hydrogen) atoms. The van der Waals surface area contributed by atoms with E-state index in [1.807, 2.05) is 13.8 Å². The number of aliphatic hydroxyl groups is 2. The van der Waals surface area contributed by atoms with E-state index in [1.165, 1.54) is 180 Å². The number of aliphatic hydroxyl groups excluding tert-OH is 2. The summed E-state index contributed by atoms with van der Waals surface area (Å²) in [7, 11) is 0. The predicted molar refractivity (Wildman–Crippen MR) is 197 cm³/mol. The van der Waals surface area contributed by atoms with Crippen molar-refractivity contribution in [2.45, 2.75) is 220 Å². The molecule has 0 aromatic carbocycles. The van der Waals surface area contributed by atoms with Gasteiger partial charge in [-0.3, -0.25) is 0 Å². The Kier molecular flexibility index (Phi) is 35.6. The van der Waals surface area contributed by atoms with Crippen LogP contribution in [0.2, 0.25) is 0 Å². The van der Waals surface area contributed by atoms with E-state index < -0.39 is 0 Å². The Balaban J connectivity index is 3.86. The van der Waals surface area contributed by atoms with Gasteiger partial charge >= 0.3 is 0 Å². The van der Waals surface area contributed by atoms with Gasteiger partial charge in [-0.15, -0.1) is 0 Å². The summed E-state index contributed by atoms with van der Waals surface area (Å²) in [4.78, 5) is 5.02. The standard InChI is InChI=1S/C40H84N2O2/c1-5-7-9-11-13-15-17-19-21-23-25-29-33-41(37-39(3)43)35-31-27-28-32-36-42(38-40(4)44)34-30-26-24-22-20-18-16-14-12-10-8-6-2/h39-40,43-44H,5-38H2,1-4H3. The summed E-state index contributed by atoms with van der Waals surface area (Å²) < 4.78 is 0. The van der Waals surface area contributed by atoms with Crippen molar-refractivity contribution in [3.63, 3.8) is 0 Å². The van der Waals surface area contributed by atoms with Gasteiger partial charge in [-0.1, -0.05) is 168 Å². The zero-order valence-corrected chi connectivity index (χ0v) is 31.0. The number of rotatable bonds is 37. The van der Waals surface area contributed by atoms with Crippen LogP contribution in [0.5, 0.6) is 0 Å². The van der Waals surface area contributed by atoms with Crippen LogP contribution in [-0.2, 0) is 0 Å². The van der Waals surface area contributed by atoms with Crippen LogP contribution >= 0.6 is 0 Å². The highest BCUT2D eigenvalue weighted by Gasteiger charge is 2.10. The van der Waals surface area contributed by atoms with E-state index in [9.17, 15) is 10.2 Å². The first-order valence-corrected chi connectivity index (χ1v) is 20.3. The molecular formula is C40H84N2O2. The summed E-state index contributed by atoms with van der Waals surface area (Å²) in [5, 5.41) is 20.0. The Morgan fingerprint density at radius 1 is 0.318 bits per heavy atom. The summed E-state index contributed by atoms with van der Waals surface area (Å²) in [6.45, 7) is 14.6. The first kappa shape index (κ1) is 43.8. The van der Waals surface area contributed by atoms with E-state index >= 15 is 0 Å². The average molecular weight is 625 g/mol. The number of hydrogen-bond acceptors (Lipinski definition) is 4. The largest absolute Gasteiger partial charge is 0.392 e. The van der Waals surface area contributed by atoms with Crippen LogP contribution in [0, 0.1) is 0 Å². The van der Waals surface area contributed by atoms with Crippen molar-refractivity contribution in [3.8, 4) is 0 Å². The molecule has 0 rings (SSSR count). The molecule has 0 aromatic rings. The molecule has 0 aliphatic rings. The van der Waals surface area contributed by atoms with Gasteiger partial charge in [-0.2, -0.15) is 0 Å². The van der Waals surface area contributed by atoms with Crippen LogP contribution in [0.3, 0.4) is 0 Å². The summed E-state index contributed by atoms with van der Waals surface area (Å²) in [6.07, 6.45) is 38.0. The molecular weight excluding hydrogens is 540 g/mol. The van der Waals surface area contributed by atoms with Crippen LogP contribution < -0.4 is 0 Å². The molecule has 0 aliphatic carbocycles. The second kappa shape index (κ2) is 35.7. The van der Waals surface area contributed by atoms with Crippen molar-refractivity contribution in [2.75, 3.05) is 39.3 Å². The van der Waals surface area contributed by atoms with E-state index in [-0.39, 0.29) is 12.2 Å². The molecule has 0 aromatic heterocycles. The maximum absolute atomic E-state index is 10.0. The molecule has 0 fully saturated rings. The molecule has 266 valence electrons. The molecule has 0 heterocycles. The molecule has 2 N–H and O–H groups in total. The minimum Gasteiger partial charge on any atom is -0.392 e. The smallest absolute Gasteiger partial charge is 0.0639 e. The summed E-state index contributed by atoms with van der Waals surface area (Å²) in [5.74, 6) is 0.